The largest absolute Gasteiger partial charge is 0.324 e. The van der Waals surface area contributed by atoms with Crippen LogP contribution in [0.25, 0.3) is 0 Å². The standard InChI is InChI=1S/C20H21ClN2O/c21-18-9-7-15(8-10-18)17-11-13-22(14-17)20(24)23-12-3-5-16-4-1-2-6-19(16)23/h1-2,4,6-10,17H,3,5,11-14H2. The fourth-order valence-electron chi connectivity index (χ4n) is 3.84. The molecule has 0 radical (unpaired) electrons. The molecule has 2 amide bonds. The number of likely N-dealkylation sites (tertiary alicyclic amines) is 1. The van der Waals surface area contributed by atoms with Crippen LogP contribution >= 0.6 is 11.6 Å². The van der Waals surface area contributed by atoms with E-state index in [4.69, 9.17) is 11.6 Å². The molecular weight excluding hydrogens is 320 g/mol. The van der Waals surface area contributed by atoms with Crippen LogP contribution in [-0.4, -0.2) is 30.6 Å². The average Bonchev–Trinajstić information content (AvgIpc) is 3.11. The first-order valence-electron chi connectivity index (χ1n) is 8.62. The number of carbonyl (C=O) groups excluding carboxylic acids is 1. The van der Waals surface area contributed by atoms with Crippen LogP contribution in [0.15, 0.2) is 48.5 Å². The number of nitrogens with zero attached hydrogens (tertiary/aromatic N) is 2. The van der Waals surface area contributed by atoms with Gasteiger partial charge in [0.2, 0.25) is 0 Å². The summed E-state index contributed by atoms with van der Waals surface area (Å²) in [5, 5.41) is 0.759. The summed E-state index contributed by atoms with van der Waals surface area (Å²) in [5.41, 5.74) is 3.64. The number of carbonyl (C=O) groups is 1. The van der Waals surface area contributed by atoms with Gasteiger partial charge in [-0.1, -0.05) is 41.9 Å². The first-order valence-corrected chi connectivity index (χ1v) is 9.00. The molecule has 3 nitrogen and oxygen atoms in total. The number of hydrogen-bond acceptors (Lipinski definition) is 1. The zero-order chi connectivity index (χ0) is 16.5. The number of urea groups is 1. The van der Waals surface area contributed by atoms with Crippen molar-refractivity contribution in [2.24, 2.45) is 0 Å². The first-order chi connectivity index (χ1) is 11.7. The lowest BCUT2D eigenvalue weighted by Gasteiger charge is -2.32. The molecule has 2 heterocycles. The van der Waals surface area contributed by atoms with E-state index >= 15 is 0 Å². The lowest BCUT2D eigenvalue weighted by atomic mass is 9.99. The van der Waals surface area contributed by atoms with Gasteiger partial charge in [-0.3, -0.25) is 4.90 Å². The minimum Gasteiger partial charge on any atom is -0.324 e. The fraction of sp³-hybridized carbons (Fsp3) is 0.350. The summed E-state index contributed by atoms with van der Waals surface area (Å²) < 4.78 is 0. The summed E-state index contributed by atoms with van der Waals surface area (Å²) in [6.45, 7) is 2.43. The highest BCUT2D eigenvalue weighted by Crippen LogP contribution is 2.32. The normalized spacial score (nSPS) is 20.1. The summed E-state index contributed by atoms with van der Waals surface area (Å²) in [6.07, 6.45) is 3.12. The predicted molar refractivity (Wildman–Crippen MR) is 97.9 cm³/mol. The molecule has 0 saturated carbocycles. The second-order valence-electron chi connectivity index (χ2n) is 6.65. The summed E-state index contributed by atoms with van der Waals surface area (Å²) in [7, 11) is 0. The minimum atomic E-state index is 0.151. The van der Waals surface area contributed by atoms with Crippen LogP contribution in [-0.2, 0) is 6.42 Å². The first kappa shape index (κ1) is 15.5. The predicted octanol–water partition coefficient (Wildman–Crippen LogP) is 4.70. The Labute approximate surface area is 147 Å². The van der Waals surface area contributed by atoms with Gasteiger partial charge in [0.15, 0.2) is 0 Å². The Morgan fingerprint density at radius 1 is 1.04 bits per heavy atom. The molecule has 2 aromatic rings. The van der Waals surface area contributed by atoms with Crippen LogP contribution in [0.4, 0.5) is 10.5 Å². The molecule has 1 saturated heterocycles. The molecule has 0 bridgehead atoms. The number of hydrogen-bond donors (Lipinski definition) is 0. The number of amides is 2. The van der Waals surface area contributed by atoms with Crippen molar-refractivity contribution in [1.29, 1.82) is 0 Å². The zero-order valence-corrected chi connectivity index (χ0v) is 14.4. The van der Waals surface area contributed by atoms with E-state index in [9.17, 15) is 4.79 Å². The van der Waals surface area contributed by atoms with E-state index in [-0.39, 0.29) is 6.03 Å². The highest BCUT2D eigenvalue weighted by atomic mass is 35.5. The molecule has 0 aliphatic carbocycles. The zero-order valence-electron chi connectivity index (χ0n) is 13.6. The third-order valence-electron chi connectivity index (χ3n) is 5.14. The summed E-state index contributed by atoms with van der Waals surface area (Å²) >= 11 is 5.98. The highest BCUT2D eigenvalue weighted by Gasteiger charge is 2.32. The molecule has 1 unspecified atom stereocenters. The van der Waals surface area contributed by atoms with Crippen molar-refractivity contribution in [2.45, 2.75) is 25.2 Å². The van der Waals surface area contributed by atoms with Crippen molar-refractivity contribution in [2.75, 3.05) is 24.5 Å². The van der Waals surface area contributed by atoms with Crippen LogP contribution in [0.1, 0.15) is 29.9 Å². The molecule has 4 heteroatoms. The smallest absolute Gasteiger partial charge is 0.324 e. The van der Waals surface area contributed by atoms with Gasteiger partial charge in [-0.05, 0) is 48.6 Å². The Morgan fingerprint density at radius 2 is 1.83 bits per heavy atom. The highest BCUT2D eigenvalue weighted by molar-refractivity contribution is 6.30. The van der Waals surface area contributed by atoms with Gasteiger partial charge >= 0.3 is 6.03 Å². The van der Waals surface area contributed by atoms with Gasteiger partial charge in [-0.25, -0.2) is 4.79 Å². The van der Waals surface area contributed by atoms with Crippen LogP contribution in [0.5, 0.6) is 0 Å². The number of halogens is 1. The van der Waals surface area contributed by atoms with Crippen LogP contribution in [0.3, 0.4) is 0 Å². The molecule has 0 spiro atoms. The van der Waals surface area contributed by atoms with E-state index in [2.05, 4.69) is 30.3 Å². The van der Waals surface area contributed by atoms with Crippen molar-refractivity contribution in [3.05, 3.63) is 64.7 Å². The molecule has 0 aromatic heterocycles. The van der Waals surface area contributed by atoms with Gasteiger partial charge in [-0.2, -0.15) is 0 Å². The Bertz CT molecular complexity index is 744. The molecule has 0 N–H and O–H groups in total. The molecule has 2 aromatic carbocycles. The molecule has 24 heavy (non-hydrogen) atoms. The second kappa shape index (κ2) is 6.48. The van der Waals surface area contributed by atoms with Crippen LogP contribution < -0.4 is 4.90 Å². The van der Waals surface area contributed by atoms with Crippen molar-refractivity contribution in [3.8, 4) is 0 Å². The quantitative estimate of drug-likeness (QED) is 0.738. The average molecular weight is 341 g/mol. The molecule has 124 valence electrons. The number of fused-ring (bicyclic) bond motifs is 1. The molecular formula is C20H21ClN2O. The molecule has 4 rings (SSSR count). The Kier molecular flexibility index (Phi) is 4.19. The maximum absolute atomic E-state index is 13.0. The van der Waals surface area contributed by atoms with E-state index in [1.165, 1.54) is 11.1 Å². The topological polar surface area (TPSA) is 23.6 Å². The Morgan fingerprint density at radius 3 is 2.67 bits per heavy atom. The fourth-order valence-corrected chi connectivity index (χ4v) is 3.97. The van der Waals surface area contributed by atoms with Gasteiger partial charge < -0.3 is 4.90 Å². The maximum atomic E-state index is 13.0. The van der Waals surface area contributed by atoms with Gasteiger partial charge in [0.25, 0.3) is 0 Å². The summed E-state index contributed by atoms with van der Waals surface area (Å²) in [4.78, 5) is 17.0. The van der Waals surface area contributed by atoms with E-state index in [1.807, 2.05) is 28.0 Å². The molecule has 2 aliphatic heterocycles. The third-order valence-corrected chi connectivity index (χ3v) is 5.39. The second-order valence-corrected chi connectivity index (χ2v) is 7.09. The SMILES string of the molecule is O=C(N1CCC(c2ccc(Cl)cc2)C1)N1CCCc2ccccc21. The van der Waals surface area contributed by atoms with E-state index in [1.54, 1.807) is 0 Å². The van der Waals surface area contributed by atoms with E-state index in [0.717, 1.165) is 49.6 Å². The van der Waals surface area contributed by atoms with Gasteiger partial charge in [0.1, 0.15) is 0 Å². The van der Waals surface area contributed by atoms with Crippen molar-refractivity contribution >= 4 is 23.3 Å². The number of para-hydroxylation sites is 1. The minimum absolute atomic E-state index is 0.151. The lowest BCUT2D eigenvalue weighted by molar-refractivity contribution is 0.214. The number of benzene rings is 2. The van der Waals surface area contributed by atoms with Gasteiger partial charge in [0, 0.05) is 36.3 Å². The van der Waals surface area contributed by atoms with Crippen LogP contribution in [0, 0.1) is 0 Å². The number of anilines is 1. The van der Waals surface area contributed by atoms with Gasteiger partial charge in [0.05, 0.1) is 0 Å². The van der Waals surface area contributed by atoms with Crippen LogP contribution in [0.2, 0.25) is 5.02 Å². The van der Waals surface area contributed by atoms with Crippen molar-refractivity contribution in [3.63, 3.8) is 0 Å². The number of rotatable bonds is 1. The van der Waals surface area contributed by atoms with Gasteiger partial charge in [-0.15, -0.1) is 0 Å². The maximum Gasteiger partial charge on any atom is 0.324 e. The Hall–Kier alpha value is -2.00. The summed E-state index contributed by atoms with van der Waals surface area (Å²) in [6, 6.07) is 16.5. The Balaban J connectivity index is 1.49. The molecule has 1 fully saturated rings. The van der Waals surface area contributed by atoms with E-state index in [0.29, 0.717) is 5.92 Å². The molecule has 2 aliphatic rings. The third kappa shape index (κ3) is 2.89. The monoisotopic (exact) mass is 340 g/mol. The summed E-state index contributed by atoms with van der Waals surface area (Å²) in [5.74, 6) is 0.409. The van der Waals surface area contributed by atoms with E-state index < -0.39 is 0 Å². The van der Waals surface area contributed by atoms with Crippen molar-refractivity contribution < 1.29 is 4.79 Å². The van der Waals surface area contributed by atoms with Crippen molar-refractivity contribution in [1.82, 2.24) is 4.90 Å². The lowest BCUT2D eigenvalue weighted by Crippen LogP contribution is -2.44. The molecule has 1 atom stereocenters. The number of aryl methyl sites for hydroxylation is 1.